The maximum Gasteiger partial charge on any atom is 0.267 e. The zero-order chi connectivity index (χ0) is 22.7. The molecule has 8 nitrogen and oxygen atoms in total. The van der Waals surface area contributed by atoms with Crippen LogP contribution in [0.5, 0.6) is 0 Å². The van der Waals surface area contributed by atoms with E-state index in [9.17, 15) is 9.59 Å². The van der Waals surface area contributed by atoms with E-state index in [1.165, 1.54) is 10.7 Å². The lowest BCUT2D eigenvalue weighted by molar-refractivity contribution is -0.124. The minimum absolute atomic E-state index is 0.274. The lowest BCUT2D eigenvalue weighted by atomic mass is 10.2. The number of nitrogens with one attached hydrogen (secondary N) is 1. The third-order valence-corrected chi connectivity index (χ3v) is 5.98. The van der Waals surface area contributed by atoms with Crippen LogP contribution >= 0.6 is 11.3 Å². The summed E-state index contributed by atoms with van der Waals surface area (Å²) in [5.74, 6) is 0.217. The van der Waals surface area contributed by atoms with E-state index in [0.29, 0.717) is 18.8 Å². The Morgan fingerprint density at radius 2 is 1.91 bits per heavy atom. The van der Waals surface area contributed by atoms with Crippen LogP contribution in [0.25, 0.3) is 16.4 Å². The van der Waals surface area contributed by atoms with E-state index in [0.717, 1.165) is 27.7 Å². The SMILES string of the molecule is Cc1cc(C)n(-c2ccc(=O)n([C@@H](C)C(=O)NCCc3csc(-c4ccccc4)n3)n2)n1. The number of amides is 1. The Bertz CT molecular complexity index is 1290. The van der Waals surface area contributed by atoms with E-state index in [2.05, 4.69) is 20.5 Å². The predicted octanol–water partition coefficient (Wildman–Crippen LogP) is 3.09. The Balaban J connectivity index is 1.40. The molecule has 0 spiro atoms. The van der Waals surface area contributed by atoms with Crippen molar-refractivity contribution in [2.45, 2.75) is 33.2 Å². The van der Waals surface area contributed by atoms with Gasteiger partial charge in [0.1, 0.15) is 11.0 Å². The molecule has 4 aromatic rings. The van der Waals surface area contributed by atoms with E-state index < -0.39 is 6.04 Å². The first-order valence-electron chi connectivity index (χ1n) is 10.3. The van der Waals surface area contributed by atoms with Crippen LogP contribution < -0.4 is 10.9 Å². The standard InChI is InChI=1S/C23H24N6O2S/c1-15-13-16(2)28(26-15)20-9-10-21(30)29(27-20)17(3)22(31)24-12-11-19-14-32-23(25-19)18-7-5-4-6-8-18/h4-10,13-14,17H,11-12H2,1-3H3,(H,24,31)/t17-/m0/s1. The van der Waals surface area contributed by atoms with Crippen molar-refractivity contribution < 1.29 is 4.79 Å². The largest absolute Gasteiger partial charge is 0.354 e. The molecule has 0 aliphatic rings. The summed E-state index contributed by atoms with van der Waals surface area (Å²) >= 11 is 1.58. The summed E-state index contributed by atoms with van der Waals surface area (Å²) in [4.78, 5) is 29.7. The molecule has 0 unspecified atom stereocenters. The molecule has 1 aromatic carbocycles. The van der Waals surface area contributed by atoms with Gasteiger partial charge in [0.05, 0.1) is 11.4 Å². The van der Waals surface area contributed by atoms with Gasteiger partial charge in [-0.25, -0.2) is 14.3 Å². The van der Waals surface area contributed by atoms with Gasteiger partial charge in [0, 0.05) is 35.7 Å². The van der Waals surface area contributed by atoms with Crippen molar-refractivity contribution in [1.82, 2.24) is 29.9 Å². The molecule has 0 fully saturated rings. The van der Waals surface area contributed by atoms with E-state index in [-0.39, 0.29) is 11.5 Å². The molecule has 164 valence electrons. The summed E-state index contributed by atoms with van der Waals surface area (Å²) in [7, 11) is 0. The number of carbonyl (C=O) groups excluding carboxylic acids is 1. The Morgan fingerprint density at radius 1 is 1.12 bits per heavy atom. The highest BCUT2D eigenvalue weighted by molar-refractivity contribution is 7.13. The summed E-state index contributed by atoms with van der Waals surface area (Å²) in [6, 6.07) is 14.2. The van der Waals surface area contributed by atoms with Crippen molar-refractivity contribution in [3.63, 3.8) is 0 Å². The molecule has 0 bridgehead atoms. The second-order valence-electron chi connectivity index (χ2n) is 7.54. The highest BCUT2D eigenvalue weighted by Gasteiger charge is 2.18. The third kappa shape index (κ3) is 4.67. The monoisotopic (exact) mass is 448 g/mol. The average molecular weight is 449 g/mol. The van der Waals surface area contributed by atoms with Gasteiger partial charge in [-0.3, -0.25) is 9.59 Å². The second-order valence-corrected chi connectivity index (χ2v) is 8.40. The van der Waals surface area contributed by atoms with E-state index >= 15 is 0 Å². The van der Waals surface area contributed by atoms with Crippen LogP contribution in [0.2, 0.25) is 0 Å². The summed E-state index contributed by atoms with van der Waals surface area (Å²) in [6.07, 6.45) is 0.607. The lowest BCUT2D eigenvalue weighted by Gasteiger charge is -2.15. The molecule has 32 heavy (non-hydrogen) atoms. The number of thiazole rings is 1. The summed E-state index contributed by atoms with van der Waals surface area (Å²) in [5.41, 5.74) is 3.41. The third-order valence-electron chi connectivity index (χ3n) is 5.04. The summed E-state index contributed by atoms with van der Waals surface area (Å²) in [5, 5.41) is 14.6. The smallest absolute Gasteiger partial charge is 0.267 e. The molecule has 3 aromatic heterocycles. The first-order valence-corrected chi connectivity index (χ1v) is 11.2. The predicted molar refractivity (Wildman–Crippen MR) is 124 cm³/mol. The molecule has 1 amide bonds. The van der Waals surface area contributed by atoms with Crippen LogP contribution in [-0.4, -0.2) is 37.0 Å². The number of nitrogens with zero attached hydrogens (tertiary/aromatic N) is 5. The van der Waals surface area contributed by atoms with Crippen LogP contribution in [-0.2, 0) is 11.2 Å². The number of rotatable bonds is 7. The van der Waals surface area contributed by atoms with Gasteiger partial charge in [-0.05, 0) is 32.9 Å². The number of benzene rings is 1. The maximum absolute atomic E-state index is 12.7. The van der Waals surface area contributed by atoms with Gasteiger partial charge in [0.15, 0.2) is 5.82 Å². The number of carbonyl (C=O) groups is 1. The average Bonchev–Trinajstić information content (AvgIpc) is 3.40. The number of aryl methyl sites for hydroxylation is 2. The molecule has 4 rings (SSSR count). The minimum Gasteiger partial charge on any atom is -0.354 e. The molecule has 1 atom stereocenters. The van der Waals surface area contributed by atoms with Crippen molar-refractivity contribution in [2.75, 3.05) is 6.54 Å². The zero-order valence-electron chi connectivity index (χ0n) is 18.1. The van der Waals surface area contributed by atoms with Crippen LogP contribution in [0.4, 0.5) is 0 Å². The number of aromatic nitrogens is 5. The van der Waals surface area contributed by atoms with Crippen molar-refractivity contribution >= 4 is 17.2 Å². The van der Waals surface area contributed by atoms with E-state index in [1.807, 2.05) is 55.6 Å². The molecule has 0 aliphatic heterocycles. The summed E-state index contributed by atoms with van der Waals surface area (Å²) < 4.78 is 2.85. The molecule has 0 saturated carbocycles. The molecular formula is C23H24N6O2S. The Labute approximate surface area is 189 Å². The Morgan fingerprint density at radius 3 is 2.62 bits per heavy atom. The quantitative estimate of drug-likeness (QED) is 0.469. The fraction of sp³-hybridized carbons (Fsp3) is 0.261. The second kappa shape index (κ2) is 9.27. The van der Waals surface area contributed by atoms with E-state index in [1.54, 1.807) is 29.0 Å². The fourth-order valence-corrected chi connectivity index (χ4v) is 4.23. The molecule has 9 heteroatoms. The molecule has 0 aliphatic carbocycles. The van der Waals surface area contributed by atoms with E-state index in [4.69, 9.17) is 0 Å². The molecular weight excluding hydrogens is 424 g/mol. The van der Waals surface area contributed by atoms with Gasteiger partial charge in [0.2, 0.25) is 5.91 Å². The number of hydrogen-bond donors (Lipinski definition) is 1. The van der Waals surface area contributed by atoms with Crippen molar-refractivity contribution in [3.8, 4) is 16.4 Å². The normalized spacial score (nSPS) is 12.0. The van der Waals surface area contributed by atoms with Crippen LogP contribution in [0, 0.1) is 13.8 Å². The maximum atomic E-state index is 12.7. The van der Waals surface area contributed by atoms with Gasteiger partial charge < -0.3 is 5.32 Å². The minimum atomic E-state index is -0.755. The van der Waals surface area contributed by atoms with Gasteiger partial charge >= 0.3 is 0 Å². The van der Waals surface area contributed by atoms with Crippen molar-refractivity contribution in [3.05, 3.63) is 81.3 Å². The highest BCUT2D eigenvalue weighted by atomic mass is 32.1. The summed E-state index contributed by atoms with van der Waals surface area (Å²) in [6.45, 7) is 5.88. The van der Waals surface area contributed by atoms with Crippen LogP contribution in [0.3, 0.4) is 0 Å². The van der Waals surface area contributed by atoms with Crippen LogP contribution in [0.1, 0.15) is 30.0 Å². The van der Waals surface area contributed by atoms with Gasteiger partial charge in [-0.2, -0.15) is 5.10 Å². The molecule has 3 heterocycles. The van der Waals surface area contributed by atoms with Gasteiger partial charge in [0.25, 0.3) is 5.56 Å². The lowest BCUT2D eigenvalue weighted by Crippen LogP contribution is -2.38. The van der Waals surface area contributed by atoms with Crippen LogP contribution in [0.15, 0.2) is 58.7 Å². The van der Waals surface area contributed by atoms with Crippen molar-refractivity contribution in [1.29, 1.82) is 0 Å². The molecule has 0 saturated heterocycles. The molecule has 0 radical (unpaired) electrons. The first kappa shape index (κ1) is 21.6. The topological polar surface area (TPSA) is 94.7 Å². The van der Waals surface area contributed by atoms with Crippen molar-refractivity contribution in [2.24, 2.45) is 0 Å². The Hall–Kier alpha value is -3.59. The molecule has 1 N–H and O–H groups in total. The highest BCUT2D eigenvalue weighted by Crippen LogP contribution is 2.23. The van der Waals surface area contributed by atoms with Gasteiger partial charge in [-0.15, -0.1) is 16.4 Å². The zero-order valence-corrected chi connectivity index (χ0v) is 19.0. The van der Waals surface area contributed by atoms with Gasteiger partial charge in [-0.1, -0.05) is 30.3 Å². The first-order chi connectivity index (χ1) is 15.4. The fourth-order valence-electron chi connectivity index (χ4n) is 3.37. The number of hydrogen-bond acceptors (Lipinski definition) is 6. The Kier molecular flexibility index (Phi) is 6.27.